The molecule has 6 rings (SSSR count). The van der Waals surface area contributed by atoms with Gasteiger partial charge in [0.1, 0.15) is 23.5 Å². The Kier molecular flexibility index (Phi) is 7.68. The van der Waals surface area contributed by atoms with Crippen molar-refractivity contribution in [3.63, 3.8) is 0 Å². The van der Waals surface area contributed by atoms with Gasteiger partial charge in [0.15, 0.2) is 23.3 Å². The predicted molar refractivity (Wildman–Crippen MR) is 156 cm³/mol. The molecule has 0 aromatic carbocycles. The quantitative estimate of drug-likeness (QED) is 0.197. The summed E-state index contributed by atoms with van der Waals surface area (Å²) >= 11 is 0. The maximum atomic E-state index is 5.45. The molecule has 0 radical (unpaired) electrons. The smallest absolute Gasteiger partial charge is 0.239 e. The van der Waals surface area contributed by atoms with Gasteiger partial charge in [0.25, 0.3) is 0 Å². The Morgan fingerprint density at radius 3 is 1.85 bits per heavy atom. The second kappa shape index (κ2) is 11.2. The van der Waals surface area contributed by atoms with Gasteiger partial charge in [-0.2, -0.15) is 9.97 Å². The summed E-state index contributed by atoms with van der Waals surface area (Å²) in [5.41, 5.74) is 6.78. The first-order valence-electron chi connectivity index (χ1n) is 13.8. The minimum Gasteiger partial charge on any atom is -0.342 e. The number of hydrogen-bond acceptors (Lipinski definition) is 14. The van der Waals surface area contributed by atoms with E-state index in [1.54, 1.807) is 18.7 Å². The van der Waals surface area contributed by atoms with Crippen molar-refractivity contribution in [3.8, 4) is 11.4 Å². The molecular formula is C25H38N16. The Labute approximate surface area is 238 Å². The topological polar surface area (TPSA) is 196 Å². The number of nitrogens with zero attached hydrogens (tertiary/aromatic N) is 12. The van der Waals surface area contributed by atoms with E-state index in [0.717, 1.165) is 53.3 Å². The van der Waals surface area contributed by atoms with Gasteiger partial charge in [0, 0.05) is 12.1 Å². The summed E-state index contributed by atoms with van der Waals surface area (Å²) in [6.45, 7) is 14.8. The highest BCUT2D eigenvalue weighted by Gasteiger charge is 2.37. The lowest BCUT2D eigenvalue weighted by molar-refractivity contribution is 0.496. The van der Waals surface area contributed by atoms with Crippen molar-refractivity contribution in [1.29, 1.82) is 0 Å². The van der Waals surface area contributed by atoms with Crippen LogP contribution in [0.5, 0.6) is 0 Å². The lowest BCUT2D eigenvalue weighted by atomic mass is 10.1. The SMILES string of the molecule is CC[C@@H]1c2nnc(C)n2-c2cnc(NN)nc2N1C(C)C.CC[C@@H]1c2nncn2-c2cnc(NN)nc2N1C(C)C. The van der Waals surface area contributed by atoms with Crippen LogP contribution in [0.15, 0.2) is 18.7 Å². The molecule has 4 aromatic heterocycles. The molecule has 2 atom stereocenters. The van der Waals surface area contributed by atoms with E-state index in [-0.39, 0.29) is 24.2 Å². The number of rotatable bonds is 6. The summed E-state index contributed by atoms with van der Waals surface area (Å²) in [4.78, 5) is 22.0. The van der Waals surface area contributed by atoms with Crippen molar-refractivity contribution in [2.24, 2.45) is 11.7 Å². The fraction of sp³-hybridized carbons (Fsp3) is 0.520. The Morgan fingerprint density at radius 2 is 1.32 bits per heavy atom. The van der Waals surface area contributed by atoms with E-state index in [4.69, 9.17) is 11.7 Å². The summed E-state index contributed by atoms with van der Waals surface area (Å²) in [6, 6.07) is 0.842. The summed E-state index contributed by atoms with van der Waals surface area (Å²) in [5, 5.41) is 16.9. The van der Waals surface area contributed by atoms with Gasteiger partial charge in [-0.05, 0) is 47.5 Å². The molecule has 0 aliphatic carbocycles. The maximum Gasteiger partial charge on any atom is 0.239 e. The van der Waals surface area contributed by atoms with Gasteiger partial charge in [-0.25, -0.2) is 21.7 Å². The zero-order valence-corrected chi connectivity index (χ0v) is 24.5. The van der Waals surface area contributed by atoms with Crippen LogP contribution < -0.4 is 32.3 Å². The highest BCUT2D eigenvalue weighted by molar-refractivity contribution is 5.64. The van der Waals surface area contributed by atoms with Crippen molar-refractivity contribution in [2.45, 2.75) is 85.5 Å². The van der Waals surface area contributed by atoms with Crippen molar-refractivity contribution < 1.29 is 0 Å². The molecule has 0 amide bonds. The minimum absolute atomic E-state index is 0.138. The molecule has 0 unspecified atom stereocenters. The third-order valence-electron chi connectivity index (χ3n) is 7.33. The van der Waals surface area contributed by atoms with E-state index in [2.05, 4.69) is 103 Å². The van der Waals surface area contributed by atoms with E-state index in [9.17, 15) is 0 Å². The summed E-state index contributed by atoms with van der Waals surface area (Å²) in [7, 11) is 0. The van der Waals surface area contributed by atoms with E-state index in [1.165, 1.54) is 0 Å². The second-order valence-electron chi connectivity index (χ2n) is 10.4. The largest absolute Gasteiger partial charge is 0.342 e. The number of hydrogen-bond donors (Lipinski definition) is 4. The van der Waals surface area contributed by atoms with Crippen LogP contribution in [0.4, 0.5) is 23.5 Å². The third kappa shape index (κ3) is 4.67. The van der Waals surface area contributed by atoms with E-state index >= 15 is 0 Å². The molecule has 2 aliphatic rings. The predicted octanol–water partition coefficient (Wildman–Crippen LogP) is 2.35. The Bertz CT molecular complexity index is 1510. The Morgan fingerprint density at radius 1 is 0.780 bits per heavy atom. The van der Waals surface area contributed by atoms with Crippen LogP contribution in [0.25, 0.3) is 11.4 Å². The number of nitrogens with one attached hydrogen (secondary N) is 2. The van der Waals surface area contributed by atoms with Crippen LogP contribution in [0, 0.1) is 6.92 Å². The number of nitrogens with two attached hydrogens (primary N) is 2. The molecule has 0 fully saturated rings. The maximum absolute atomic E-state index is 5.45. The Hall–Kier alpha value is -4.44. The van der Waals surface area contributed by atoms with Gasteiger partial charge in [0.2, 0.25) is 11.9 Å². The summed E-state index contributed by atoms with van der Waals surface area (Å²) < 4.78 is 3.98. The average molecular weight is 563 g/mol. The summed E-state index contributed by atoms with van der Waals surface area (Å²) in [6.07, 6.45) is 7.05. The van der Waals surface area contributed by atoms with Crippen LogP contribution in [-0.2, 0) is 0 Å². The fourth-order valence-electron chi connectivity index (χ4n) is 5.64. The first-order chi connectivity index (χ1) is 19.7. The van der Waals surface area contributed by atoms with Crippen molar-refractivity contribution in [2.75, 3.05) is 20.7 Å². The number of nitrogen functional groups attached to an aromatic ring is 2. The van der Waals surface area contributed by atoms with Gasteiger partial charge >= 0.3 is 0 Å². The molecule has 0 saturated carbocycles. The van der Waals surface area contributed by atoms with Crippen LogP contribution in [-0.4, -0.2) is 61.5 Å². The zero-order chi connectivity index (χ0) is 29.4. The second-order valence-corrected chi connectivity index (χ2v) is 10.4. The average Bonchev–Trinajstić information content (AvgIpc) is 3.62. The molecule has 218 valence electrons. The number of hydrazine groups is 2. The van der Waals surface area contributed by atoms with E-state index in [1.807, 2.05) is 16.1 Å². The number of anilines is 4. The van der Waals surface area contributed by atoms with Gasteiger partial charge in [0.05, 0.1) is 24.5 Å². The van der Waals surface area contributed by atoms with Crippen LogP contribution in [0.1, 0.15) is 83.9 Å². The monoisotopic (exact) mass is 562 g/mol. The van der Waals surface area contributed by atoms with Crippen LogP contribution in [0.2, 0.25) is 0 Å². The first-order valence-corrected chi connectivity index (χ1v) is 13.8. The number of fused-ring (bicyclic) bond motifs is 6. The zero-order valence-electron chi connectivity index (χ0n) is 24.5. The fourth-order valence-corrected chi connectivity index (χ4v) is 5.64. The molecule has 6 N–H and O–H groups in total. The molecule has 16 heteroatoms. The highest BCUT2D eigenvalue weighted by Crippen LogP contribution is 2.41. The molecule has 41 heavy (non-hydrogen) atoms. The van der Waals surface area contributed by atoms with Gasteiger partial charge < -0.3 is 9.80 Å². The van der Waals surface area contributed by atoms with Crippen molar-refractivity contribution >= 4 is 23.5 Å². The standard InChI is InChI=1S/C13H20N8.C12H18N8/c1-5-9-12-19-18-8(4)21(12)10-6-15-13(17-14)16-11(10)20(9)7(2)3;1-4-8-11-18-15-6-19(11)9-5-14-12(17-13)16-10(9)20(8)7(2)3/h6-7,9H,5,14H2,1-4H3,(H,15,16,17);5-8H,4,13H2,1-3H3,(H,14,16,17)/t9-;8-/m11/s1. The van der Waals surface area contributed by atoms with E-state index < -0.39 is 0 Å². The summed E-state index contributed by atoms with van der Waals surface area (Å²) in [5.74, 6) is 16.1. The lowest BCUT2D eigenvalue weighted by Crippen LogP contribution is -2.40. The molecule has 0 spiro atoms. The molecule has 2 aliphatic heterocycles. The first kappa shape index (κ1) is 28.1. The normalized spacial score (nSPS) is 17.0. The van der Waals surface area contributed by atoms with Crippen LogP contribution >= 0.6 is 0 Å². The number of aromatic nitrogens is 10. The van der Waals surface area contributed by atoms with Crippen molar-refractivity contribution in [1.82, 2.24) is 49.5 Å². The number of aryl methyl sites for hydroxylation is 1. The molecule has 4 aromatic rings. The highest BCUT2D eigenvalue weighted by atomic mass is 15.4. The van der Waals surface area contributed by atoms with Gasteiger partial charge in [-0.15, -0.1) is 20.4 Å². The van der Waals surface area contributed by atoms with Gasteiger partial charge in [-0.3, -0.25) is 20.0 Å². The van der Waals surface area contributed by atoms with E-state index in [0.29, 0.717) is 11.9 Å². The molecular weight excluding hydrogens is 524 g/mol. The molecule has 0 saturated heterocycles. The Balaban J connectivity index is 0.000000165. The molecule has 6 heterocycles. The molecule has 0 bridgehead atoms. The lowest BCUT2D eigenvalue weighted by Gasteiger charge is -2.39. The molecule has 16 nitrogen and oxygen atoms in total. The van der Waals surface area contributed by atoms with Crippen molar-refractivity contribution in [3.05, 3.63) is 36.2 Å². The van der Waals surface area contributed by atoms with Crippen LogP contribution in [0.3, 0.4) is 0 Å². The third-order valence-corrected chi connectivity index (χ3v) is 7.33. The van der Waals surface area contributed by atoms with Gasteiger partial charge in [-0.1, -0.05) is 13.8 Å². The minimum atomic E-state index is 0.138.